The molecule has 2 aromatic rings. The Morgan fingerprint density at radius 2 is 2.08 bits per heavy atom. The van der Waals surface area contributed by atoms with Crippen LogP contribution in [-0.2, 0) is 22.5 Å². The number of H-pyrrole nitrogens is 1. The van der Waals surface area contributed by atoms with Gasteiger partial charge in [-0.3, -0.25) is 19.6 Å². The second-order valence-corrected chi connectivity index (χ2v) is 6.08. The van der Waals surface area contributed by atoms with E-state index in [2.05, 4.69) is 15.3 Å². The number of nitrogens with zero attached hydrogens (tertiary/aromatic N) is 2. The molecular formula is C17H20N4O4. The molecule has 3 heterocycles. The van der Waals surface area contributed by atoms with Crippen LogP contribution in [0.25, 0.3) is 0 Å². The number of nitrogens with one attached hydrogen (secondary N) is 2. The summed E-state index contributed by atoms with van der Waals surface area (Å²) in [7, 11) is 0. The Hall–Kier alpha value is -2.74. The lowest BCUT2D eigenvalue weighted by Crippen LogP contribution is -2.41. The minimum absolute atomic E-state index is 0.0482. The first-order chi connectivity index (χ1) is 12.1. The monoisotopic (exact) mass is 344 g/mol. The van der Waals surface area contributed by atoms with Crippen LogP contribution in [0.3, 0.4) is 0 Å². The maximum absolute atomic E-state index is 12.2. The molecule has 1 fully saturated rings. The first kappa shape index (κ1) is 17.1. The summed E-state index contributed by atoms with van der Waals surface area (Å²) in [5, 5.41) is 2.98. The van der Waals surface area contributed by atoms with E-state index in [4.69, 9.17) is 4.74 Å². The Kier molecular flexibility index (Phi) is 5.39. The lowest BCUT2D eigenvalue weighted by Gasteiger charge is -2.19. The molecule has 0 saturated carbocycles. The van der Waals surface area contributed by atoms with Crippen molar-refractivity contribution in [2.24, 2.45) is 5.92 Å². The fourth-order valence-corrected chi connectivity index (χ4v) is 2.90. The number of aromatic nitrogens is 3. The van der Waals surface area contributed by atoms with Gasteiger partial charge in [0.25, 0.3) is 5.56 Å². The van der Waals surface area contributed by atoms with Gasteiger partial charge in [-0.2, -0.15) is 0 Å². The molecule has 0 spiro atoms. The zero-order chi connectivity index (χ0) is 17.6. The molecule has 8 heteroatoms. The van der Waals surface area contributed by atoms with E-state index in [9.17, 15) is 14.4 Å². The third kappa shape index (κ3) is 4.63. The minimum atomic E-state index is -0.514. The lowest BCUT2D eigenvalue weighted by molar-refractivity contribution is -0.122. The van der Waals surface area contributed by atoms with Crippen LogP contribution in [0.5, 0.6) is 0 Å². The molecule has 25 heavy (non-hydrogen) atoms. The van der Waals surface area contributed by atoms with E-state index in [1.54, 1.807) is 12.4 Å². The first-order valence-electron chi connectivity index (χ1n) is 8.17. The van der Waals surface area contributed by atoms with E-state index in [1.165, 1.54) is 16.8 Å². The van der Waals surface area contributed by atoms with Gasteiger partial charge in [0.05, 0.1) is 19.3 Å². The normalized spacial score (nSPS) is 19.7. The number of aryl methyl sites for hydroxylation is 1. The van der Waals surface area contributed by atoms with E-state index in [-0.39, 0.29) is 30.8 Å². The maximum atomic E-state index is 12.2. The van der Waals surface area contributed by atoms with E-state index < -0.39 is 11.2 Å². The Morgan fingerprint density at radius 3 is 2.84 bits per heavy atom. The largest absolute Gasteiger partial charge is 0.379 e. The van der Waals surface area contributed by atoms with E-state index >= 15 is 0 Å². The van der Waals surface area contributed by atoms with Crippen molar-refractivity contribution in [1.29, 1.82) is 0 Å². The summed E-state index contributed by atoms with van der Waals surface area (Å²) in [6, 6.07) is 5.13. The van der Waals surface area contributed by atoms with Crippen molar-refractivity contribution >= 4 is 5.91 Å². The molecule has 0 unspecified atom stereocenters. The Morgan fingerprint density at radius 1 is 1.28 bits per heavy atom. The Balaban J connectivity index is 1.53. The number of aromatic amines is 1. The fraction of sp³-hybridized carbons (Fsp3) is 0.412. The first-order valence-corrected chi connectivity index (χ1v) is 8.17. The number of amides is 1. The van der Waals surface area contributed by atoms with Crippen LogP contribution in [0.1, 0.15) is 12.0 Å². The van der Waals surface area contributed by atoms with Gasteiger partial charge < -0.3 is 14.6 Å². The van der Waals surface area contributed by atoms with Gasteiger partial charge in [-0.05, 0) is 24.1 Å². The molecule has 3 rings (SSSR count). The van der Waals surface area contributed by atoms with Crippen LogP contribution < -0.4 is 16.6 Å². The summed E-state index contributed by atoms with van der Waals surface area (Å²) < 4.78 is 6.82. The van der Waals surface area contributed by atoms with Crippen LogP contribution in [-0.4, -0.2) is 39.7 Å². The van der Waals surface area contributed by atoms with Crippen LogP contribution in [0.2, 0.25) is 0 Å². The summed E-state index contributed by atoms with van der Waals surface area (Å²) >= 11 is 0. The van der Waals surface area contributed by atoms with Crippen molar-refractivity contribution in [3.63, 3.8) is 0 Å². The molecule has 1 amide bonds. The number of carbonyl (C=O) groups is 1. The fourth-order valence-electron chi connectivity index (χ4n) is 2.90. The third-order valence-electron chi connectivity index (χ3n) is 4.27. The average Bonchev–Trinajstić information content (AvgIpc) is 3.02. The molecule has 1 aliphatic heterocycles. The molecule has 0 bridgehead atoms. The highest BCUT2D eigenvalue weighted by molar-refractivity contribution is 5.76. The van der Waals surface area contributed by atoms with Crippen molar-refractivity contribution < 1.29 is 9.53 Å². The second kappa shape index (κ2) is 7.89. The molecule has 2 N–H and O–H groups in total. The highest BCUT2D eigenvalue weighted by atomic mass is 16.5. The number of hydrogen-bond acceptors (Lipinski definition) is 5. The molecule has 0 aromatic carbocycles. The van der Waals surface area contributed by atoms with Crippen LogP contribution in [0.4, 0.5) is 0 Å². The van der Waals surface area contributed by atoms with Gasteiger partial charge in [-0.1, -0.05) is 0 Å². The molecule has 0 radical (unpaired) electrons. The van der Waals surface area contributed by atoms with Crippen molar-refractivity contribution in [2.45, 2.75) is 25.4 Å². The summed E-state index contributed by atoms with van der Waals surface area (Å²) in [6.45, 7) is 1.30. The quantitative estimate of drug-likeness (QED) is 0.748. The zero-order valence-electron chi connectivity index (χ0n) is 13.7. The molecule has 0 aliphatic carbocycles. The molecule has 8 nitrogen and oxygen atoms in total. The van der Waals surface area contributed by atoms with Gasteiger partial charge in [-0.25, -0.2) is 4.79 Å². The van der Waals surface area contributed by atoms with Crippen molar-refractivity contribution in [1.82, 2.24) is 19.9 Å². The topological polar surface area (TPSA) is 106 Å². The van der Waals surface area contributed by atoms with Crippen molar-refractivity contribution in [3.05, 3.63) is 63.2 Å². The van der Waals surface area contributed by atoms with Gasteiger partial charge in [0.15, 0.2) is 0 Å². The van der Waals surface area contributed by atoms with E-state index in [1.807, 2.05) is 12.1 Å². The molecule has 1 saturated heterocycles. The third-order valence-corrected chi connectivity index (χ3v) is 4.27. The Labute approximate surface area is 143 Å². The predicted molar refractivity (Wildman–Crippen MR) is 90.1 cm³/mol. The molecule has 132 valence electrons. The number of carbonyl (C=O) groups excluding carboxylic acids is 1. The predicted octanol–water partition coefficient (Wildman–Crippen LogP) is -0.304. The average molecular weight is 344 g/mol. The van der Waals surface area contributed by atoms with E-state index in [0.29, 0.717) is 13.2 Å². The highest BCUT2D eigenvalue weighted by Crippen LogP contribution is 2.19. The van der Waals surface area contributed by atoms with Crippen LogP contribution in [0.15, 0.2) is 46.4 Å². The molecule has 2 aromatic heterocycles. The smallest absolute Gasteiger partial charge is 0.328 e. The number of hydrogen-bond donors (Lipinski definition) is 2. The summed E-state index contributed by atoms with van der Waals surface area (Å²) in [5.41, 5.74) is 0.192. The van der Waals surface area contributed by atoms with Gasteiger partial charge in [-0.15, -0.1) is 0 Å². The zero-order valence-corrected chi connectivity index (χ0v) is 13.7. The Bertz CT molecular complexity index is 830. The standard InChI is InChI=1S/C17H20N4O4/c22-15(3-7-21-8-4-16(23)20-17(21)24)19-14-11-25-10-13(14)9-12-1-5-18-6-2-12/h1-2,4-6,8,13-14H,3,7,9-11H2,(H,19,22)(H,20,23,24)/t13-,14+/m1/s1. The van der Waals surface area contributed by atoms with Gasteiger partial charge in [0.2, 0.25) is 5.91 Å². The van der Waals surface area contributed by atoms with Gasteiger partial charge in [0, 0.05) is 43.5 Å². The van der Waals surface area contributed by atoms with Crippen molar-refractivity contribution in [3.8, 4) is 0 Å². The lowest BCUT2D eigenvalue weighted by atomic mass is 9.95. The summed E-state index contributed by atoms with van der Waals surface area (Å²) in [5.74, 6) is 0.0653. The summed E-state index contributed by atoms with van der Waals surface area (Å²) in [6.07, 6.45) is 5.86. The van der Waals surface area contributed by atoms with Gasteiger partial charge >= 0.3 is 5.69 Å². The van der Waals surface area contributed by atoms with Crippen LogP contribution in [0, 0.1) is 5.92 Å². The van der Waals surface area contributed by atoms with Crippen molar-refractivity contribution in [2.75, 3.05) is 13.2 Å². The highest BCUT2D eigenvalue weighted by Gasteiger charge is 2.29. The maximum Gasteiger partial charge on any atom is 0.328 e. The number of ether oxygens (including phenoxy) is 1. The molecular weight excluding hydrogens is 324 g/mol. The van der Waals surface area contributed by atoms with E-state index in [0.717, 1.165) is 12.0 Å². The molecule has 1 aliphatic rings. The SMILES string of the molecule is O=C(CCn1ccc(=O)[nH]c1=O)N[C@H]1COC[C@H]1Cc1ccncc1. The molecule has 2 atom stereocenters. The van der Waals surface area contributed by atoms with Gasteiger partial charge in [0.1, 0.15) is 0 Å². The van der Waals surface area contributed by atoms with Crippen LogP contribution >= 0.6 is 0 Å². The summed E-state index contributed by atoms with van der Waals surface area (Å²) in [4.78, 5) is 41.0. The second-order valence-electron chi connectivity index (χ2n) is 6.08. The number of pyridine rings is 1. The number of rotatable bonds is 6. The minimum Gasteiger partial charge on any atom is -0.379 e.